The van der Waals surface area contributed by atoms with Crippen molar-refractivity contribution < 1.29 is 19.7 Å². The number of ether oxygens (including phenoxy) is 1. The Morgan fingerprint density at radius 3 is 1.81 bits per heavy atom. The number of fused-ring (bicyclic) bond motifs is 2. The van der Waals surface area contributed by atoms with Crippen LogP contribution in [-0.4, -0.2) is 16.2 Å². The second kappa shape index (κ2) is 6.41. The van der Waals surface area contributed by atoms with Crippen LogP contribution in [0.5, 0.6) is 11.5 Å². The molecular weight excluding hydrogens is 328 g/mol. The number of rotatable bonds is 2. The average Bonchev–Trinajstić information content (AvgIpc) is 2.79. The predicted octanol–water partition coefficient (Wildman–Crippen LogP) is 4.53. The first kappa shape index (κ1) is 16.0. The van der Waals surface area contributed by atoms with E-state index >= 15 is 0 Å². The number of carbonyl (C=O) groups is 1. The molecular formula is C22H16O4. The minimum atomic E-state index is -0.618. The van der Waals surface area contributed by atoms with Gasteiger partial charge in [-0.1, -0.05) is 60.7 Å². The summed E-state index contributed by atoms with van der Waals surface area (Å²) in [7, 11) is 0. The van der Waals surface area contributed by atoms with Crippen LogP contribution in [-0.2, 0) is 4.74 Å². The van der Waals surface area contributed by atoms with Gasteiger partial charge in [0.15, 0.2) is 6.10 Å². The molecule has 26 heavy (non-hydrogen) atoms. The molecule has 0 amide bonds. The molecule has 0 heterocycles. The summed E-state index contributed by atoms with van der Waals surface area (Å²) in [6.45, 7) is 0. The normalized spacial score (nSPS) is 12.8. The number of phenolic OH excluding ortho intramolecular Hbond substituents is 2. The van der Waals surface area contributed by atoms with Crippen LogP contribution >= 0.6 is 0 Å². The third-order valence-corrected chi connectivity index (χ3v) is 4.36. The fraction of sp³-hybridized carbons (Fsp3) is 0.0455. The summed E-state index contributed by atoms with van der Waals surface area (Å²) in [6.07, 6.45) is 3.42. The largest absolute Gasteiger partial charge is 0.508 e. The first-order valence-corrected chi connectivity index (χ1v) is 8.22. The van der Waals surface area contributed by atoms with Crippen molar-refractivity contribution in [1.29, 1.82) is 0 Å². The van der Waals surface area contributed by atoms with Gasteiger partial charge in [-0.15, -0.1) is 0 Å². The fourth-order valence-electron chi connectivity index (χ4n) is 3.17. The minimum absolute atomic E-state index is 0.0923. The summed E-state index contributed by atoms with van der Waals surface area (Å²) in [6, 6.07) is 19.2. The quantitative estimate of drug-likeness (QED) is 0.670. The molecule has 3 aromatic rings. The molecule has 0 bridgehead atoms. The maximum Gasteiger partial charge on any atom is 0.339 e. The number of carbonyl (C=O) groups excluding carboxylic acids is 1. The lowest BCUT2D eigenvalue weighted by molar-refractivity contribution is 0.0377. The molecule has 4 rings (SSSR count). The zero-order valence-corrected chi connectivity index (χ0v) is 13.8. The van der Waals surface area contributed by atoms with Crippen molar-refractivity contribution in [1.82, 2.24) is 0 Å². The van der Waals surface area contributed by atoms with Gasteiger partial charge in [0, 0.05) is 17.2 Å². The molecule has 0 fully saturated rings. The lowest BCUT2D eigenvalue weighted by atomic mass is 9.96. The average molecular weight is 344 g/mol. The van der Waals surface area contributed by atoms with Crippen molar-refractivity contribution >= 4 is 18.1 Å². The van der Waals surface area contributed by atoms with Crippen molar-refractivity contribution in [2.24, 2.45) is 0 Å². The predicted molar refractivity (Wildman–Crippen MR) is 98.8 cm³/mol. The standard InChI is InChI=1S/C22H16O4/c23-17-11-16(12-18(24)13-17)22(25)26-21-19-7-3-1-5-14(19)9-10-15-6-2-4-8-20(15)21/h1-13,21,23-24H. The second-order valence-electron chi connectivity index (χ2n) is 6.11. The van der Waals surface area contributed by atoms with E-state index in [9.17, 15) is 15.0 Å². The van der Waals surface area contributed by atoms with E-state index in [-0.39, 0.29) is 17.1 Å². The van der Waals surface area contributed by atoms with E-state index in [1.807, 2.05) is 60.7 Å². The van der Waals surface area contributed by atoms with Crippen LogP contribution in [0.2, 0.25) is 0 Å². The van der Waals surface area contributed by atoms with E-state index in [1.165, 1.54) is 12.1 Å². The van der Waals surface area contributed by atoms with E-state index in [2.05, 4.69) is 0 Å². The molecule has 0 saturated heterocycles. The first-order valence-electron chi connectivity index (χ1n) is 8.22. The summed E-state index contributed by atoms with van der Waals surface area (Å²) in [5.74, 6) is -1.01. The van der Waals surface area contributed by atoms with Crippen LogP contribution in [0.3, 0.4) is 0 Å². The summed E-state index contributed by atoms with van der Waals surface area (Å²) < 4.78 is 5.82. The molecule has 0 unspecified atom stereocenters. The molecule has 4 heteroatoms. The van der Waals surface area contributed by atoms with Gasteiger partial charge in [0.1, 0.15) is 11.5 Å². The Balaban J connectivity index is 1.78. The molecule has 128 valence electrons. The van der Waals surface area contributed by atoms with Crippen molar-refractivity contribution in [3.05, 3.63) is 94.5 Å². The maximum absolute atomic E-state index is 12.7. The first-order chi connectivity index (χ1) is 12.6. The third kappa shape index (κ3) is 2.93. The van der Waals surface area contributed by atoms with E-state index in [0.717, 1.165) is 28.3 Å². The zero-order valence-electron chi connectivity index (χ0n) is 13.8. The second-order valence-corrected chi connectivity index (χ2v) is 6.11. The maximum atomic E-state index is 12.7. The van der Waals surface area contributed by atoms with Crippen LogP contribution in [0.1, 0.15) is 38.7 Å². The smallest absolute Gasteiger partial charge is 0.339 e. The summed E-state index contributed by atoms with van der Waals surface area (Å²) in [5, 5.41) is 19.3. The SMILES string of the molecule is O=C(OC1c2ccccc2C=Cc2ccccc21)c1cc(O)cc(O)c1. The van der Waals surface area contributed by atoms with Gasteiger partial charge in [-0.2, -0.15) is 0 Å². The molecule has 0 spiro atoms. The van der Waals surface area contributed by atoms with Crippen molar-refractivity contribution in [2.75, 3.05) is 0 Å². The molecule has 0 saturated carbocycles. The molecule has 0 aliphatic heterocycles. The highest BCUT2D eigenvalue weighted by Gasteiger charge is 2.25. The van der Waals surface area contributed by atoms with Gasteiger partial charge in [-0.3, -0.25) is 0 Å². The topological polar surface area (TPSA) is 66.8 Å². The number of hydrogen-bond acceptors (Lipinski definition) is 4. The van der Waals surface area contributed by atoms with Gasteiger partial charge in [-0.25, -0.2) is 4.79 Å². The number of aromatic hydroxyl groups is 2. The van der Waals surface area contributed by atoms with Crippen LogP contribution in [0.4, 0.5) is 0 Å². The van der Waals surface area contributed by atoms with E-state index in [4.69, 9.17) is 4.74 Å². The van der Waals surface area contributed by atoms with Crippen molar-refractivity contribution in [3.63, 3.8) is 0 Å². The molecule has 1 aliphatic rings. The summed E-state index contributed by atoms with van der Waals surface area (Å²) >= 11 is 0. The minimum Gasteiger partial charge on any atom is -0.508 e. The number of benzene rings is 3. The molecule has 0 radical (unpaired) electrons. The van der Waals surface area contributed by atoms with Crippen LogP contribution in [0, 0.1) is 0 Å². The number of hydrogen-bond donors (Lipinski definition) is 2. The van der Waals surface area contributed by atoms with Gasteiger partial charge in [-0.05, 0) is 23.3 Å². The lowest BCUT2D eigenvalue weighted by Gasteiger charge is -2.21. The molecule has 4 nitrogen and oxygen atoms in total. The highest BCUT2D eigenvalue weighted by Crippen LogP contribution is 2.36. The fourth-order valence-corrected chi connectivity index (χ4v) is 3.17. The van der Waals surface area contributed by atoms with Gasteiger partial charge < -0.3 is 14.9 Å². The number of phenols is 2. The highest BCUT2D eigenvalue weighted by atomic mass is 16.5. The van der Waals surface area contributed by atoms with Crippen LogP contribution in [0.15, 0.2) is 66.7 Å². The summed E-state index contributed by atoms with van der Waals surface area (Å²) in [5.41, 5.74) is 3.80. The van der Waals surface area contributed by atoms with E-state index in [1.54, 1.807) is 0 Å². The monoisotopic (exact) mass is 344 g/mol. The van der Waals surface area contributed by atoms with Crippen molar-refractivity contribution in [2.45, 2.75) is 6.10 Å². The highest BCUT2D eigenvalue weighted by molar-refractivity contribution is 5.91. The Labute approximate surface area is 150 Å². The Bertz CT molecular complexity index is 950. The molecule has 0 atom stereocenters. The van der Waals surface area contributed by atoms with Gasteiger partial charge in [0.25, 0.3) is 0 Å². The van der Waals surface area contributed by atoms with Gasteiger partial charge in [0.2, 0.25) is 0 Å². The zero-order chi connectivity index (χ0) is 18.1. The van der Waals surface area contributed by atoms with Gasteiger partial charge in [0.05, 0.1) is 5.56 Å². The Morgan fingerprint density at radius 1 is 0.769 bits per heavy atom. The summed E-state index contributed by atoms with van der Waals surface area (Å²) in [4.78, 5) is 12.7. The molecule has 1 aliphatic carbocycles. The van der Waals surface area contributed by atoms with E-state index in [0.29, 0.717) is 0 Å². The Morgan fingerprint density at radius 2 is 1.27 bits per heavy atom. The van der Waals surface area contributed by atoms with E-state index < -0.39 is 12.1 Å². The Kier molecular flexibility index (Phi) is 3.93. The van der Waals surface area contributed by atoms with Crippen molar-refractivity contribution in [3.8, 4) is 11.5 Å². The Hall–Kier alpha value is -3.53. The van der Waals surface area contributed by atoms with Gasteiger partial charge >= 0.3 is 5.97 Å². The van der Waals surface area contributed by atoms with Crippen LogP contribution in [0.25, 0.3) is 12.2 Å². The molecule has 3 aromatic carbocycles. The number of esters is 1. The third-order valence-electron chi connectivity index (χ3n) is 4.36. The lowest BCUT2D eigenvalue weighted by Crippen LogP contribution is -2.14. The molecule has 2 N–H and O–H groups in total. The van der Waals surface area contributed by atoms with Crippen LogP contribution < -0.4 is 0 Å². The molecule has 0 aromatic heterocycles.